The van der Waals surface area contributed by atoms with Gasteiger partial charge in [0.05, 0.1) is 5.69 Å². The molecule has 0 atom stereocenters. The summed E-state index contributed by atoms with van der Waals surface area (Å²) in [5.74, 6) is 0. The van der Waals surface area contributed by atoms with Crippen molar-refractivity contribution < 1.29 is 14.3 Å². The quantitative estimate of drug-likeness (QED) is 0.515. The van der Waals surface area contributed by atoms with Gasteiger partial charge in [0, 0.05) is 17.6 Å². The predicted molar refractivity (Wildman–Crippen MR) is 105 cm³/mol. The second-order valence-corrected chi connectivity index (χ2v) is 13.6. The lowest BCUT2D eigenvalue weighted by molar-refractivity contribution is 0.202. The molecule has 0 aliphatic carbocycles. The fraction of sp³-hybridized carbons (Fsp3) is 0.611. The summed E-state index contributed by atoms with van der Waals surface area (Å²) in [6, 6.07) is 3.86. The average molecular weight is 414 g/mol. The van der Waals surface area contributed by atoms with E-state index in [4.69, 9.17) is 4.43 Å². The summed E-state index contributed by atoms with van der Waals surface area (Å²) in [6.07, 6.45) is 1.78. The van der Waals surface area contributed by atoms with Crippen LogP contribution in [0, 0.1) is 0 Å². The standard InChI is InChI=1S/C18H28BrNO3Si/c1-18(2,3)24(4,5)23-12-6-7-13-14-10-11-20(17(21)22)16(14)9-8-15(13)19/h8-9H,6-7,10-12H2,1-5H3,(H,21,22). The Morgan fingerprint density at radius 3 is 2.62 bits per heavy atom. The highest BCUT2D eigenvalue weighted by atomic mass is 79.9. The molecule has 1 N–H and O–H groups in total. The maximum atomic E-state index is 11.3. The largest absolute Gasteiger partial charge is 0.465 e. The van der Waals surface area contributed by atoms with E-state index in [1.54, 1.807) is 0 Å². The number of benzene rings is 1. The van der Waals surface area contributed by atoms with Crippen molar-refractivity contribution in [1.82, 2.24) is 0 Å². The molecule has 6 heteroatoms. The average Bonchev–Trinajstić information content (AvgIpc) is 2.88. The number of hydrogen-bond acceptors (Lipinski definition) is 2. The molecule has 2 rings (SSSR count). The van der Waals surface area contributed by atoms with Crippen molar-refractivity contribution in [2.45, 2.75) is 58.2 Å². The first kappa shape index (κ1) is 19.5. The van der Waals surface area contributed by atoms with E-state index in [9.17, 15) is 9.90 Å². The van der Waals surface area contributed by atoms with Crippen LogP contribution < -0.4 is 4.90 Å². The van der Waals surface area contributed by atoms with Crippen molar-refractivity contribution in [1.29, 1.82) is 0 Å². The fourth-order valence-corrected chi connectivity index (χ4v) is 4.45. The van der Waals surface area contributed by atoms with Crippen LogP contribution in [0.25, 0.3) is 0 Å². The van der Waals surface area contributed by atoms with E-state index < -0.39 is 14.4 Å². The topological polar surface area (TPSA) is 49.8 Å². The van der Waals surface area contributed by atoms with Crippen molar-refractivity contribution in [3.8, 4) is 0 Å². The second kappa shape index (κ2) is 7.18. The molecule has 1 aromatic carbocycles. The van der Waals surface area contributed by atoms with Crippen LogP contribution in [-0.4, -0.2) is 32.7 Å². The van der Waals surface area contributed by atoms with Crippen LogP contribution in [0.1, 0.15) is 38.3 Å². The molecular formula is C18H28BrNO3Si. The Hall–Kier alpha value is -0.853. The maximum absolute atomic E-state index is 11.3. The van der Waals surface area contributed by atoms with E-state index in [0.29, 0.717) is 6.54 Å². The van der Waals surface area contributed by atoms with Gasteiger partial charge in [-0.25, -0.2) is 4.79 Å². The third kappa shape index (κ3) is 4.03. The second-order valence-electron chi connectivity index (χ2n) is 7.92. The third-order valence-electron chi connectivity index (χ3n) is 5.30. The Bertz CT molecular complexity index is 625. The monoisotopic (exact) mass is 413 g/mol. The van der Waals surface area contributed by atoms with Gasteiger partial charge in [-0.1, -0.05) is 36.7 Å². The van der Waals surface area contributed by atoms with Gasteiger partial charge in [-0.2, -0.15) is 0 Å². The van der Waals surface area contributed by atoms with Gasteiger partial charge < -0.3 is 9.53 Å². The van der Waals surface area contributed by atoms with Crippen LogP contribution in [0.3, 0.4) is 0 Å². The summed E-state index contributed by atoms with van der Waals surface area (Å²) in [4.78, 5) is 12.8. The molecule has 1 aliphatic rings. The van der Waals surface area contributed by atoms with Crippen LogP contribution >= 0.6 is 15.9 Å². The Morgan fingerprint density at radius 2 is 2.04 bits per heavy atom. The van der Waals surface area contributed by atoms with Gasteiger partial charge in [0.15, 0.2) is 8.32 Å². The predicted octanol–water partition coefficient (Wildman–Crippen LogP) is 5.44. The number of fused-ring (bicyclic) bond motifs is 1. The van der Waals surface area contributed by atoms with Gasteiger partial charge in [0.2, 0.25) is 0 Å². The van der Waals surface area contributed by atoms with Crippen molar-refractivity contribution in [2.75, 3.05) is 18.1 Å². The molecule has 4 nitrogen and oxygen atoms in total. The summed E-state index contributed by atoms with van der Waals surface area (Å²) in [5.41, 5.74) is 3.24. The number of carbonyl (C=O) groups is 1. The summed E-state index contributed by atoms with van der Waals surface area (Å²) in [5, 5.41) is 9.52. The lowest BCUT2D eigenvalue weighted by atomic mass is 10.0. The van der Waals surface area contributed by atoms with Crippen molar-refractivity contribution in [3.63, 3.8) is 0 Å². The SMILES string of the molecule is CC(C)(C)[Si](C)(C)OCCCc1c(Br)ccc2c1CCN2C(=O)O. The number of halogens is 1. The minimum absolute atomic E-state index is 0.226. The van der Waals surface area contributed by atoms with Crippen LogP contribution in [-0.2, 0) is 17.3 Å². The molecule has 0 fully saturated rings. The normalized spacial score (nSPS) is 14.8. The molecule has 1 amide bonds. The van der Waals surface area contributed by atoms with E-state index in [1.165, 1.54) is 16.0 Å². The Morgan fingerprint density at radius 1 is 1.38 bits per heavy atom. The van der Waals surface area contributed by atoms with Gasteiger partial charge in [-0.3, -0.25) is 4.90 Å². The number of carboxylic acid groups (broad SMARTS) is 1. The lowest BCUT2D eigenvalue weighted by Gasteiger charge is -2.36. The molecule has 0 saturated carbocycles. The molecule has 0 spiro atoms. The molecule has 24 heavy (non-hydrogen) atoms. The summed E-state index contributed by atoms with van der Waals surface area (Å²) in [7, 11) is -1.70. The molecule has 1 aromatic rings. The molecule has 1 aliphatic heterocycles. The van der Waals surface area contributed by atoms with E-state index in [-0.39, 0.29) is 5.04 Å². The van der Waals surface area contributed by atoms with Gasteiger partial charge in [0.1, 0.15) is 0 Å². The lowest BCUT2D eigenvalue weighted by Crippen LogP contribution is -2.41. The third-order valence-corrected chi connectivity index (χ3v) is 10.6. The number of anilines is 1. The van der Waals surface area contributed by atoms with Crippen LogP contribution in [0.4, 0.5) is 10.5 Å². The minimum Gasteiger partial charge on any atom is -0.465 e. The molecule has 0 unspecified atom stereocenters. The first-order valence-electron chi connectivity index (χ1n) is 8.49. The van der Waals surface area contributed by atoms with Crippen molar-refractivity contribution in [2.24, 2.45) is 0 Å². The number of amides is 1. The zero-order valence-corrected chi connectivity index (χ0v) is 17.9. The van der Waals surface area contributed by atoms with Crippen LogP contribution in [0.15, 0.2) is 16.6 Å². The number of rotatable bonds is 5. The highest BCUT2D eigenvalue weighted by Crippen LogP contribution is 2.37. The first-order valence-corrected chi connectivity index (χ1v) is 12.2. The molecular weight excluding hydrogens is 386 g/mol. The Labute approximate surface area is 154 Å². The van der Waals surface area contributed by atoms with Crippen molar-refractivity contribution in [3.05, 3.63) is 27.7 Å². The summed E-state index contributed by atoms with van der Waals surface area (Å²) >= 11 is 3.63. The zero-order chi connectivity index (χ0) is 18.1. The van der Waals surface area contributed by atoms with Crippen molar-refractivity contribution >= 4 is 36.0 Å². The smallest absolute Gasteiger partial charge is 0.411 e. The molecule has 0 saturated heterocycles. The fourth-order valence-electron chi connectivity index (χ4n) is 2.79. The summed E-state index contributed by atoms with van der Waals surface area (Å²) < 4.78 is 7.32. The van der Waals surface area contributed by atoms with Gasteiger partial charge in [-0.05, 0) is 60.7 Å². The van der Waals surface area contributed by atoms with Crippen LogP contribution in [0.5, 0.6) is 0 Å². The molecule has 0 radical (unpaired) electrons. The maximum Gasteiger partial charge on any atom is 0.411 e. The highest BCUT2D eigenvalue weighted by Gasteiger charge is 2.36. The highest BCUT2D eigenvalue weighted by molar-refractivity contribution is 9.10. The first-order chi connectivity index (χ1) is 11.0. The van der Waals surface area contributed by atoms with Gasteiger partial charge >= 0.3 is 6.09 Å². The van der Waals surface area contributed by atoms with Gasteiger partial charge in [-0.15, -0.1) is 0 Å². The Balaban J connectivity index is 2.03. The van der Waals surface area contributed by atoms with Gasteiger partial charge in [0.25, 0.3) is 0 Å². The molecule has 0 aromatic heterocycles. The Kier molecular flexibility index (Phi) is 5.82. The van der Waals surface area contributed by atoms with Crippen LogP contribution in [0.2, 0.25) is 18.1 Å². The molecule has 0 bridgehead atoms. The zero-order valence-electron chi connectivity index (χ0n) is 15.3. The number of hydrogen-bond donors (Lipinski definition) is 1. The molecule has 134 valence electrons. The van der Waals surface area contributed by atoms with E-state index >= 15 is 0 Å². The molecule has 1 heterocycles. The minimum atomic E-state index is -1.70. The van der Waals surface area contributed by atoms with E-state index in [1.807, 2.05) is 12.1 Å². The number of nitrogens with zero attached hydrogens (tertiary/aromatic N) is 1. The van der Waals surface area contributed by atoms with E-state index in [2.05, 4.69) is 49.8 Å². The summed E-state index contributed by atoms with van der Waals surface area (Å²) in [6.45, 7) is 12.6. The van der Waals surface area contributed by atoms with E-state index in [0.717, 1.165) is 36.0 Å².